The second-order valence-electron chi connectivity index (χ2n) is 8.96. The van der Waals surface area contributed by atoms with Gasteiger partial charge in [-0.1, -0.05) is 30.3 Å². The lowest BCUT2D eigenvalue weighted by molar-refractivity contribution is 0.215. The number of anilines is 2. The van der Waals surface area contributed by atoms with Crippen LogP contribution in [0.2, 0.25) is 0 Å². The average molecular weight is 494 g/mol. The number of methoxy groups -OCH3 is 1. The van der Waals surface area contributed by atoms with Gasteiger partial charge in [-0.3, -0.25) is 0 Å². The minimum atomic E-state index is -0.0899. The summed E-state index contributed by atoms with van der Waals surface area (Å²) in [5.74, 6) is 2.27. The maximum absolute atomic E-state index is 12.9. The Balaban J connectivity index is 1.35. The molecular formula is C28H27N7O2. The molecule has 0 aliphatic carbocycles. The molecule has 3 heterocycles. The Bertz CT molecular complexity index is 1550. The summed E-state index contributed by atoms with van der Waals surface area (Å²) in [6, 6.07) is 25.2. The molecule has 1 aliphatic heterocycles. The van der Waals surface area contributed by atoms with E-state index >= 15 is 0 Å². The number of hydrogen-bond acceptors (Lipinski definition) is 6. The van der Waals surface area contributed by atoms with Gasteiger partial charge in [0.25, 0.3) is 0 Å². The molecule has 0 unspecified atom stereocenters. The van der Waals surface area contributed by atoms with Crippen LogP contribution in [0, 0.1) is 0 Å². The number of ether oxygens (including phenoxy) is 1. The maximum Gasteiger partial charge on any atom is 0.321 e. The molecule has 1 aliphatic rings. The molecule has 1 saturated heterocycles. The van der Waals surface area contributed by atoms with Gasteiger partial charge in [0, 0.05) is 42.8 Å². The Morgan fingerprint density at radius 3 is 2.46 bits per heavy atom. The minimum absolute atomic E-state index is 0.0899. The number of fused-ring (bicyclic) bond motifs is 3. The van der Waals surface area contributed by atoms with Crippen molar-refractivity contribution in [1.82, 2.24) is 24.5 Å². The van der Waals surface area contributed by atoms with Gasteiger partial charge < -0.3 is 19.9 Å². The Morgan fingerprint density at radius 1 is 0.865 bits per heavy atom. The van der Waals surface area contributed by atoms with Gasteiger partial charge in [0.15, 0.2) is 11.5 Å². The SMILES string of the molecule is COc1ccc(-c2nnc3c4ccccc4nc(N4CCCN(C(=O)Nc5ccccc5)CC4)n23)cc1. The summed E-state index contributed by atoms with van der Waals surface area (Å²) in [6.45, 7) is 2.65. The Labute approximate surface area is 214 Å². The molecule has 0 radical (unpaired) electrons. The van der Waals surface area contributed by atoms with Gasteiger partial charge in [-0.15, -0.1) is 10.2 Å². The lowest BCUT2D eigenvalue weighted by atomic mass is 10.2. The zero-order valence-electron chi connectivity index (χ0n) is 20.5. The number of aromatic nitrogens is 4. The fourth-order valence-corrected chi connectivity index (χ4v) is 4.75. The molecule has 37 heavy (non-hydrogen) atoms. The number of nitrogens with one attached hydrogen (secondary N) is 1. The van der Waals surface area contributed by atoms with Gasteiger partial charge in [0.1, 0.15) is 5.75 Å². The maximum atomic E-state index is 12.9. The van der Waals surface area contributed by atoms with Crippen LogP contribution in [0.25, 0.3) is 27.9 Å². The first-order valence-electron chi connectivity index (χ1n) is 12.4. The average Bonchev–Trinajstić information content (AvgIpc) is 3.24. The number of para-hydroxylation sites is 2. The predicted octanol–water partition coefficient (Wildman–Crippen LogP) is 4.70. The summed E-state index contributed by atoms with van der Waals surface area (Å²) in [5, 5.41) is 13.1. The second-order valence-corrected chi connectivity index (χ2v) is 8.96. The summed E-state index contributed by atoms with van der Waals surface area (Å²) in [5.41, 5.74) is 3.33. The highest BCUT2D eigenvalue weighted by Gasteiger charge is 2.24. The monoisotopic (exact) mass is 493 g/mol. The van der Waals surface area contributed by atoms with E-state index in [9.17, 15) is 4.79 Å². The molecule has 5 aromatic rings. The van der Waals surface area contributed by atoms with Crippen LogP contribution in [-0.2, 0) is 0 Å². The number of rotatable bonds is 4. The van der Waals surface area contributed by atoms with Gasteiger partial charge in [-0.25, -0.2) is 14.2 Å². The number of carbonyl (C=O) groups is 1. The fourth-order valence-electron chi connectivity index (χ4n) is 4.75. The highest BCUT2D eigenvalue weighted by atomic mass is 16.5. The van der Waals surface area contributed by atoms with Crippen molar-refractivity contribution in [2.24, 2.45) is 0 Å². The zero-order valence-corrected chi connectivity index (χ0v) is 20.5. The van der Waals surface area contributed by atoms with Crippen molar-refractivity contribution in [2.75, 3.05) is 43.5 Å². The summed E-state index contributed by atoms with van der Waals surface area (Å²) in [7, 11) is 1.65. The normalized spacial score (nSPS) is 14.1. The lowest BCUT2D eigenvalue weighted by Crippen LogP contribution is -2.38. The van der Waals surface area contributed by atoms with E-state index in [0.717, 1.165) is 52.5 Å². The molecule has 9 nitrogen and oxygen atoms in total. The first kappa shape index (κ1) is 22.8. The number of nitrogens with zero attached hydrogens (tertiary/aromatic N) is 6. The van der Waals surface area contributed by atoms with Crippen LogP contribution < -0.4 is 15.0 Å². The molecular weight excluding hydrogens is 466 g/mol. The molecule has 186 valence electrons. The number of carbonyl (C=O) groups excluding carboxylic acids is 1. The van der Waals surface area contributed by atoms with E-state index in [2.05, 4.69) is 20.4 Å². The first-order valence-corrected chi connectivity index (χ1v) is 12.4. The lowest BCUT2D eigenvalue weighted by Gasteiger charge is -2.24. The van der Waals surface area contributed by atoms with Crippen LogP contribution in [0.5, 0.6) is 5.75 Å². The number of amides is 2. The number of benzene rings is 3. The highest BCUT2D eigenvalue weighted by Crippen LogP contribution is 2.29. The third kappa shape index (κ3) is 4.40. The Morgan fingerprint density at radius 2 is 1.65 bits per heavy atom. The van der Waals surface area contributed by atoms with E-state index in [1.807, 2.05) is 88.2 Å². The number of urea groups is 1. The number of hydrogen-bond donors (Lipinski definition) is 1. The van der Waals surface area contributed by atoms with Crippen molar-refractivity contribution in [3.8, 4) is 17.1 Å². The fraction of sp³-hybridized carbons (Fsp3) is 0.214. The summed E-state index contributed by atoms with van der Waals surface area (Å²) < 4.78 is 7.36. The molecule has 0 saturated carbocycles. The van der Waals surface area contributed by atoms with Crippen LogP contribution in [0.4, 0.5) is 16.4 Å². The van der Waals surface area contributed by atoms with Gasteiger partial charge in [-0.05, 0) is 55.0 Å². The van der Waals surface area contributed by atoms with Crippen LogP contribution in [0.3, 0.4) is 0 Å². The van der Waals surface area contributed by atoms with E-state index < -0.39 is 0 Å². The Kier molecular flexibility index (Phi) is 6.02. The van der Waals surface area contributed by atoms with Crippen LogP contribution in [-0.4, -0.2) is 63.8 Å². The molecule has 2 aromatic heterocycles. The molecule has 0 bridgehead atoms. The van der Waals surface area contributed by atoms with Gasteiger partial charge in [0.05, 0.1) is 12.6 Å². The molecule has 9 heteroatoms. The van der Waals surface area contributed by atoms with Gasteiger partial charge in [0.2, 0.25) is 5.95 Å². The zero-order chi connectivity index (χ0) is 25.2. The van der Waals surface area contributed by atoms with E-state index in [0.29, 0.717) is 25.5 Å². The van der Waals surface area contributed by atoms with Crippen molar-refractivity contribution in [1.29, 1.82) is 0 Å². The largest absolute Gasteiger partial charge is 0.497 e. The molecule has 6 rings (SSSR count). The molecule has 0 atom stereocenters. The smallest absolute Gasteiger partial charge is 0.321 e. The highest BCUT2D eigenvalue weighted by molar-refractivity contribution is 5.93. The summed E-state index contributed by atoms with van der Waals surface area (Å²) >= 11 is 0. The van der Waals surface area contributed by atoms with Crippen molar-refractivity contribution in [2.45, 2.75) is 6.42 Å². The predicted molar refractivity (Wildman–Crippen MR) is 144 cm³/mol. The van der Waals surface area contributed by atoms with Crippen molar-refractivity contribution < 1.29 is 9.53 Å². The van der Waals surface area contributed by atoms with Crippen molar-refractivity contribution in [3.63, 3.8) is 0 Å². The van der Waals surface area contributed by atoms with E-state index in [-0.39, 0.29) is 6.03 Å². The van der Waals surface area contributed by atoms with Crippen LogP contribution in [0.1, 0.15) is 6.42 Å². The van der Waals surface area contributed by atoms with Crippen LogP contribution >= 0.6 is 0 Å². The molecule has 1 fully saturated rings. The third-order valence-corrected chi connectivity index (χ3v) is 6.67. The van der Waals surface area contributed by atoms with Gasteiger partial charge >= 0.3 is 6.03 Å². The molecule has 1 N–H and O–H groups in total. The topological polar surface area (TPSA) is 87.9 Å². The summed E-state index contributed by atoms with van der Waals surface area (Å²) in [6.07, 6.45) is 0.818. The minimum Gasteiger partial charge on any atom is -0.497 e. The van der Waals surface area contributed by atoms with E-state index in [1.54, 1.807) is 7.11 Å². The molecule has 3 aromatic carbocycles. The summed E-state index contributed by atoms with van der Waals surface area (Å²) in [4.78, 5) is 22.1. The molecule has 2 amide bonds. The Hall–Kier alpha value is -4.66. The first-order chi connectivity index (χ1) is 18.2. The van der Waals surface area contributed by atoms with Crippen molar-refractivity contribution >= 4 is 34.2 Å². The van der Waals surface area contributed by atoms with Crippen molar-refractivity contribution in [3.05, 3.63) is 78.9 Å². The van der Waals surface area contributed by atoms with E-state index in [1.165, 1.54) is 0 Å². The third-order valence-electron chi connectivity index (χ3n) is 6.67. The standard InChI is InChI=1S/C28H27N7O2/c1-37-22-14-12-20(13-15-22)25-31-32-26-23-10-5-6-11-24(23)30-27(35(25)26)33-16-7-17-34(19-18-33)28(36)29-21-8-3-2-4-9-21/h2-6,8-15H,7,16-19H2,1H3,(H,29,36). The molecule has 0 spiro atoms. The second kappa shape index (κ2) is 9.77. The quantitative estimate of drug-likeness (QED) is 0.391. The van der Waals surface area contributed by atoms with Gasteiger partial charge in [-0.2, -0.15) is 0 Å². The van der Waals surface area contributed by atoms with Crippen LogP contribution in [0.15, 0.2) is 78.9 Å². The van der Waals surface area contributed by atoms with E-state index in [4.69, 9.17) is 9.72 Å².